The van der Waals surface area contributed by atoms with E-state index >= 15 is 0 Å². The topological polar surface area (TPSA) is 75.1 Å². The van der Waals surface area contributed by atoms with E-state index in [1.807, 2.05) is 36.4 Å². The maximum atomic E-state index is 12.9. The van der Waals surface area contributed by atoms with Crippen molar-refractivity contribution in [2.45, 2.75) is 0 Å². The van der Waals surface area contributed by atoms with Crippen molar-refractivity contribution in [1.82, 2.24) is 9.97 Å². The van der Waals surface area contributed by atoms with Gasteiger partial charge in [-0.2, -0.15) is 0 Å². The van der Waals surface area contributed by atoms with Gasteiger partial charge in [0.25, 0.3) is 5.91 Å². The van der Waals surface area contributed by atoms with E-state index in [-0.39, 0.29) is 11.7 Å². The second kappa shape index (κ2) is 6.64. The number of hydrogen-bond acceptors (Lipinski definition) is 4. The number of rotatable bonds is 3. The number of phenolic OH excluding ortho intramolecular Hbond substituents is 1. The van der Waals surface area contributed by atoms with E-state index < -0.39 is 0 Å². The highest BCUT2D eigenvalue weighted by molar-refractivity contribution is 6.13. The molecule has 0 saturated carbocycles. The third-order valence-corrected chi connectivity index (χ3v) is 4.02. The summed E-state index contributed by atoms with van der Waals surface area (Å²) < 4.78 is 0. The molecule has 0 fully saturated rings. The first-order chi connectivity index (χ1) is 12.7. The number of benzene rings is 2. The minimum Gasteiger partial charge on any atom is -0.508 e. The molecule has 1 amide bonds. The lowest BCUT2D eigenvalue weighted by Crippen LogP contribution is -2.13. The van der Waals surface area contributed by atoms with E-state index in [1.54, 1.807) is 36.7 Å². The van der Waals surface area contributed by atoms with Crippen LogP contribution in [0.3, 0.4) is 0 Å². The lowest BCUT2D eigenvalue weighted by Gasteiger charge is -2.11. The van der Waals surface area contributed by atoms with Gasteiger partial charge < -0.3 is 10.4 Å². The average Bonchev–Trinajstić information content (AvgIpc) is 2.68. The first-order valence-electron chi connectivity index (χ1n) is 8.11. The molecule has 0 atom stereocenters. The zero-order chi connectivity index (χ0) is 17.9. The van der Waals surface area contributed by atoms with Crippen LogP contribution < -0.4 is 5.32 Å². The smallest absolute Gasteiger partial charge is 0.256 e. The molecule has 0 aliphatic rings. The number of aromatic nitrogens is 2. The van der Waals surface area contributed by atoms with Crippen molar-refractivity contribution in [3.63, 3.8) is 0 Å². The Morgan fingerprint density at radius 3 is 2.65 bits per heavy atom. The Bertz CT molecular complexity index is 1090. The molecule has 0 radical (unpaired) electrons. The SMILES string of the molecule is O=C(Nc1cccc(O)c1)c1cc(-c2cccnc2)nc2ccccc12. The van der Waals surface area contributed by atoms with Gasteiger partial charge in [0.15, 0.2) is 0 Å². The fraction of sp³-hybridized carbons (Fsp3) is 0. The van der Waals surface area contributed by atoms with Crippen LogP contribution >= 0.6 is 0 Å². The van der Waals surface area contributed by atoms with Crippen LogP contribution in [0.1, 0.15) is 10.4 Å². The van der Waals surface area contributed by atoms with Crippen LogP contribution in [0.25, 0.3) is 22.2 Å². The van der Waals surface area contributed by atoms with E-state index in [0.717, 1.165) is 16.5 Å². The van der Waals surface area contributed by atoms with Crippen molar-refractivity contribution in [2.24, 2.45) is 0 Å². The average molecular weight is 341 g/mol. The summed E-state index contributed by atoms with van der Waals surface area (Å²) in [6.07, 6.45) is 3.41. The van der Waals surface area contributed by atoms with Crippen LogP contribution in [0.15, 0.2) is 79.1 Å². The molecular formula is C21H15N3O2. The number of carbonyl (C=O) groups is 1. The van der Waals surface area contributed by atoms with E-state index in [2.05, 4.69) is 15.3 Å². The molecule has 126 valence electrons. The summed E-state index contributed by atoms with van der Waals surface area (Å²) >= 11 is 0. The van der Waals surface area contributed by atoms with Gasteiger partial charge in [0.05, 0.1) is 16.8 Å². The van der Waals surface area contributed by atoms with Crippen molar-refractivity contribution < 1.29 is 9.90 Å². The second-order valence-corrected chi connectivity index (χ2v) is 5.82. The zero-order valence-corrected chi connectivity index (χ0v) is 13.8. The molecule has 0 saturated heterocycles. The molecule has 5 nitrogen and oxygen atoms in total. The van der Waals surface area contributed by atoms with Crippen LogP contribution in [0.5, 0.6) is 5.75 Å². The summed E-state index contributed by atoms with van der Waals surface area (Å²) in [6, 6.07) is 19.5. The van der Waals surface area contributed by atoms with Gasteiger partial charge in [-0.15, -0.1) is 0 Å². The quantitative estimate of drug-likeness (QED) is 0.584. The summed E-state index contributed by atoms with van der Waals surface area (Å²) in [4.78, 5) is 21.7. The Kier molecular flexibility index (Phi) is 4.03. The summed E-state index contributed by atoms with van der Waals surface area (Å²) in [6.45, 7) is 0. The van der Waals surface area contributed by atoms with Crippen molar-refractivity contribution in [2.75, 3.05) is 5.32 Å². The molecule has 0 aliphatic carbocycles. The number of nitrogens with one attached hydrogen (secondary N) is 1. The Morgan fingerprint density at radius 2 is 1.85 bits per heavy atom. The minimum atomic E-state index is -0.264. The van der Waals surface area contributed by atoms with Crippen LogP contribution in [-0.4, -0.2) is 21.0 Å². The number of carbonyl (C=O) groups excluding carboxylic acids is 1. The van der Waals surface area contributed by atoms with Gasteiger partial charge in [0, 0.05) is 35.1 Å². The van der Waals surface area contributed by atoms with Gasteiger partial charge in [-0.05, 0) is 36.4 Å². The molecule has 0 unspecified atom stereocenters. The Labute approximate surface area is 150 Å². The maximum Gasteiger partial charge on any atom is 0.256 e. The van der Waals surface area contributed by atoms with Crippen LogP contribution in [-0.2, 0) is 0 Å². The van der Waals surface area contributed by atoms with Crippen molar-refractivity contribution in [1.29, 1.82) is 0 Å². The van der Waals surface area contributed by atoms with E-state index in [9.17, 15) is 9.90 Å². The summed E-state index contributed by atoms with van der Waals surface area (Å²) in [5.74, 6) is -0.169. The van der Waals surface area contributed by atoms with Gasteiger partial charge in [0.2, 0.25) is 0 Å². The molecule has 5 heteroatoms. The number of aromatic hydroxyl groups is 1. The lowest BCUT2D eigenvalue weighted by atomic mass is 10.0. The Hall–Kier alpha value is -3.73. The predicted octanol–water partition coefficient (Wildman–Crippen LogP) is 4.25. The Morgan fingerprint density at radius 1 is 0.962 bits per heavy atom. The first kappa shape index (κ1) is 15.8. The molecule has 0 aliphatic heterocycles. The number of nitrogens with zero attached hydrogens (tertiary/aromatic N) is 2. The van der Waals surface area contributed by atoms with Crippen molar-refractivity contribution in [3.8, 4) is 17.0 Å². The third kappa shape index (κ3) is 3.10. The van der Waals surface area contributed by atoms with E-state index in [4.69, 9.17) is 0 Å². The van der Waals surface area contributed by atoms with Crippen molar-refractivity contribution >= 4 is 22.5 Å². The molecule has 26 heavy (non-hydrogen) atoms. The number of para-hydroxylation sites is 1. The zero-order valence-electron chi connectivity index (χ0n) is 13.8. The van der Waals surface area contributed by atoms with Crippen LogP contribution in [0.4, 0.5) is 5.69 Å². The maximum absolute atomic E-state index is 12.9. The van der Waals surface area contributed by atoms with Gasteiger partial charge >= 0.3 is 0 Å². The lowest BCUT2D eigenvalue weighted by molar-refractivity contribution is 0.102. The molecule has 2 aromatic carbocycles. The third-order valence-electron chi connectivity index (χ3n) is 4.02. The predicted molar refractivity (Wildman–Crippen MR) is 101 cm³/mol. The van der Waals surface area contributed by atoms with E-state index in [0.29, 0.717) is 16.9 Å². The molecule has 0 bridgehead atoms. The largest absolute Gasteiger partial charge is 0.508 e. The monoisotopic (exact) mass is 341 g/mol. The van der Waals surface area contributed by atoms with Crippen molar-refractivity contribution in [3.05, 3.63) is 84.7 Å². The second-order valence-electron chi connectivity index (χ2n) is 5.82. The van der Waals surface area contributed by atoms with E-state index in [1.165, 1.54) is 6.07 Å². The molecule has 2 heterocycles. The molecular weight excluding hydrogens is 326 g/mol. The number of fused-ring (bicyclic) bond motifs is 1. The number of amides is 1. The van der Waals surface area contributed by atoms with Gasteiger partial charge in [-0.25, -0.2) is 4.98 Å². The molecule has 0 spiro atoms. The normalized spacial score (nSPS) is 10.6. The standard InChI is InChI=1S/C21H15N3O2/c25-16-7-3-6-15(11-16)23-21(26)18-12-20(14-5-4-10-22-13-14)24-19-9-2-1-8-17(18)19/h1-13,25H,(H,23,26). The van der Waals surface area contributed by atoms with Gasteiger partial charge in [-0.3, -0.25) is 9.78 Å². The summed E-state index contributed by atoms with van der Waals surface area (Å²) in [7, 11) is 0. The summed E-state index contributed by atoms with van der Waals surface area (Å²) in [5.41, 5.74) is 3.29. The Balaban J connectivity index is 1.81. The molecule has 2 N–H and O–H groups in total. The fourth-order valence-electron chi connectivity index (χ4n) is 2.81. The summed E-state index contributed by atoms with van der Waals surface area (Å²) in [5, 5.41) is 13.2. The highest BCUT2D eigenvalue weighted by Crippen LogP contribution is 2.25. The van der Waals surface area contributed by atoms with Crippen LogP contribution in [0, 0.1) is 0 Å². The highest BCUT2D eigenvalue weighted by atomic mass is 16.3. The number of anilines is 1. The van der Waals surface area contributed by atoms with Gasteiger partial charge in [0.1, 0.15) is 5.75 Å². The highest BCUT2D eigenvalue weighted by Gasteiger charge is 2.14. The number of phenols is 1. The number of pyridine rings is 2. The number of hydrogen-bond donors (Lipinski definition) is 2. The van der Waals surface area contributed by atoms with Crippen LogP contribution in [0.2, 0.25) is 0 Å². The van der Waals surface area contributed by atoms with Gasteiger partial charge in [-0.1, -0.05) is 24.3 Å². The minimum absolute atomic E-state index is 0.0958. The molecule has 4 aromatic rings. The fourth-order valence-corrected chi connectivity index (χ4v) is 2.81. The molecule has 4 rings (SSSR count). The molecule has 2 aromatic heterocycles. The first-order valence-corrected chi connectivity index (χ1v) is 8.11.